The second-order valence-electron chi connectivity index (χ2n) is 6.59. The van der Waals surface area contributed by atoms with Gasteiger partial charge in [0.1, 0.15) is 11.2 Å². The lowest BCUT2D eigenvalue weighted by Gasteiger charge is -2.07. The Bertz CT molecular complexity index is 1320. The number of thiophene rings is 1. The lowest BCUT2D eigenvalue weighted by Crippen LogP contribution is -2.27. The molecule has 30 heavy (non-hydrogen) atoms. The summed E-state index contributed by atoms with van der Waals surface area (Å²) in [5, 5.41) is 12.1. The number of carbonyl (C=O) groups excluding carboxylic acids is 1. The van der Waals surface area contributed by atoms with Crippen molar-refractivity contribution in [2.75, 3.05) is 5.32 Å². The summed E-state index contributed by atoms with van der Waals surface area (Å²) in [6.07, 6.45) is 1.70. The number of amides is 1. The van der Waals surface area contributed by atoms with Crippen LogP contribution >= 0.6 is 22.9 Å². The highest BCUT2D eigenvalue weighted by Gasteiger charge is 2.13. The van der Waals surface area contributed by atoms with Gasteiger partial charge < -0.3 is 5.32 Å². The van der Waals surface area contributed by atoms with Crippen LogP contribution in [0.25, 0.3) is 20.7 Å². The summed E-state index contributed by atoms with van der Waals surface area (Å²) in [6.45, 7) is -0.143. The van der Waals surface area contributed by atoms with Gasteiger partial charge in [-0.25, -0.2) is 4.98 Å². The molecule has 0 unspecified atom stereocenters. The minimum absolute atomic E-state index is 0.143. The first-order valence-corrected chi connectivity index (χ1v) is 10.2. The Kier molecular flexibility index (Phi) is 5.61. The number of anilines is 1. The third kappa shape index (κ3) is 4.25. The largest absolute Gasteiger partial charge is 0.325 e. The van der Waals surface area contributed by atoms with Crippen LogP contribution in [0.15, 0.2) is 65.7 Å². The van der Waals surface area contributed by atoms with Gasteiger partial charge in [0.2, 0.25) is 5.91 Å². The molecule has 0 spiro atoms. The van der Waals surface area contributed by atoms with E-state index in [1.54, 1.807) is 36.4 Å². The molecule has 4 rings (SSSR count). The first-order valence-electron chi connectivity index (χ1n) is 9.04. The highest BCUT2D eigenvalue weighted by molar-refractivity contribution is 7.22. The standard InChI is InChI=1S/C22H15ClN4O2S/c23-16-5-3-15(4-6-16)19-11-18-21(30-19)22(29)27(13-25-18)12-20(28)26-17-7-1-14(2-8-17)9-10-24/h1-8,11,13H,9,12H2,(H,26,28). The van der Waals surface area contributed by atoms with Gasteiger partial charge >= 0.3 is 0 Å². The normalized spacial score (nSPS) is 10.7. The molecule has 8 heteroatoms. The molecule has 1 N–H and O–H groups in total. The van der Waals surface area contributed by atoms with Gasteiger partial charge in [-0.05, 0) is 41.5 Å². The molecule has 4 aromatic rings. The van der Waals surface area contributed by atoms with Crippen LogP contribution in [0.1, 0.15) is 5.56 Å². The third-order valence-electron chi connectivity index (χ3n) is 4.47. The molecule has 1 amide bonds. The Hall–Kier alpha value is -3.47. The summed E-state index contributed by atoms with van der Waals surface area (Å²) < 4.78 is 1.79. The number of aromatic nitrogens is 2. The van der Waals surface area contributed by atoms with E-state index in [-0.39, 0.29) is 18.0 Å². The van der Waals surface area contributed by atoms with Gasteiger partial charge in [0, 0.05) is 15.6 Å². The van der Waals surface area contributed by atoms with Crippen molar-refractivity contribution in [1.29, 1.82) is 5.26 Å². The van der Waals surface area contributed by atoms with Crippen LogP contribution in [0.2, 0.25) is 5.02 Å². The summed E-state index contributed by atoms with van der Waals surface area (Å²) >= 11 is 7.28. The molecule has 2 aromatic carbocycles. The Morgan fingerprint density at radius 2 is 1.90 bits per heavy atom. The number of nitrogens with one attached hydrogen (secondary N) is 1. The van der Waals surface area contributed by atoms with Gasteiger partial charge in [-0.2, -0.15) is 5.26 Å². The van der Waals surface area contributed by atoms with Gasteiger partial charge in [0.15, 0.2) is 0 Å². The molecule has 0 aliphatic carbocycles. The van der Waals surface area contributed by atoms with Crippen molar-refractivity contribution < 1.29 is 4.79 Å². The zero-order valence-corrected chi connectivity index (χ0v) is 17.2. The maximum absolute atomic E-state index is 12.8. The molecular formula is C22H15ClN4O2S. The quantitative estimate of drug-likeness (QED) is 0.501. The summed E-state index contributed by atoms with van der Waals surface area (Å²) in [4.78, 5) is 30.5. The number of rotatable bonds is 5. The smallest absolute Gasteiger partial charge is 0.271 e. The first kappa shape index (κ1) is 19.8. The molecule has 0 bridgehead atoms. The van der Waals surface area contributed by atoms with Crippen LogP contribution in [0, 0.1) is 11.3 Å². The third-order valence-corrected chi connectivity index (χ3v) is 5.88. The fourth-order valence-corrected chi connectivity index (χ4v) is 4.16. The van der Waals surface area contributed by atoms with E-state index >= 15 is 0 Å². The Morgan fingerprint density at radius 3 is 2.60 bits per heavy atom. The molecule has 0 saturated carbocycles. The van der Waals surface area contributed by atoms with Crippen molar-refractivity contribution in [2.45, 2.75) is 13.0 Å². The average molecular weight is 435 g/mol. The lowest BCUT2D eigenvalue weighted by atomic mass is 10.1. The molecule has 0 aliphatic heterocycles. The molecule has 0 fully saturated rings. The average Bonchev–Trinajstić information content (AvgIpc) is 3.17. The lowest BCUT2D eigenvalue weighted by molar-refractivity contribution is -0.116. The van der Waals surface area contributed by atoms with Gasteiger partial charge in [-0.3, -0.25) is 14.2 Å². The van der Waals surface area contributed by atoms with E-state index in [4.69, 9.17) is 16.9 Å². The highest BCUT2D eigenvalue weighted by Crippen LogP contribution is 2.31. The zero-order chi connectivity index (χ0) is 21.1. The zero-order valence-electron chi connectivity index (χ0n) is 15.6. The van der Waals surface area contributed by atoms with Crippen molar-refractivity contribution in [2.24, 2.45) is 0 Å². The Labute approximate surface area is 181 Å². The number of fused-ring (bicyclic) bond motifs is 1. The number of nitriles is 1. The number of halogens is 1. The second kappa shape index (κ2) is 8.49. The van der Waals surface area contributed by atoms with Crippen LogP contribution in [0.5, 0.6) is 0 Å². The number of nitrogens with zero attached hydrogens (tertiary/aromatic N) is 3. The molecule has 6 nitrogen and oxygen atoms in total. The number of hydrogen-bond donors (Lipinski definition) is 1. The van der Waals surface area contributed by atoms with E-state index < -0.39 is 0 Å². The van der Waals surface area contributed by atoms with Crippen molar-refractivity contribution in [3.63, 3.8) is 0 Å². The monoisotopic (exact) mass is 434 g/mol. The van der Waals surface area contributed by atoms with Crippen LogP contribution < -0.4 is 10.9 Å². The number of carbonyl (C=O) groups is 1. The topological polar surface area (TPSA) is 87.8 Å². The van der Waals surface area contributed by atoms with Crippen LogP contribution in [-0.2, 0) is 17.8 Å². The number of benzene rings is 2. The highest BCUT2D eigenvalue weighted by atomic mass is 35.5. The second-order valence-corrected chi connectivity index (χ2v) is 8.08. The van der Waals surface area contributed by atoms with Crippen molar-refractivity contribution >= 4 is 44.7 Å². The van der Waals surface area contributed by atoms with E-state index in [1.165, 1.54) is 22.2 Å². The van der Waals surface area contributed by atoms with Crippen LogP contribution in [-0.4, -0.2) is 15.5 Å². The fourth-order valence-electron chi connectivity index (χ4n) is 2.97. The minimum atomic E-state index is -0.333. The Balaban J connectivity index is 1.53. The van der Waals surface area contributed by atoms with Crippen molar-refractivity contribution in [1.82, 2.24) is 9.55 Å². The van der Waals surface area contributed by atoms with Gasteiger partial charge in [0.05, 0.1) is 24.3 Å². The molecule has 2 aromatic heterocycles. The molecule has 0 aliphatic rings. The summed E-state index contributed by atoms with van der Waals surface area (Å²) in [5.41, 5.74) is 2.76. The summed E-state index contributed by atoms with van der Waals surface area (Å²) in [6, 6.07) is 18.3. The summed E-state index contributed by atoms with van der Waals surface area (Å²) in [5.74, 6) is -0.333. The summed E-state index contributed by atoms with van der Waals surface area (Å²) in [7, 11) is 0. The van der Waals surface area contributed by atoms with Gasteiger partial charge in [0.25, 0.3) is 5.56 Å². The maximum atomic E-state index is 12.8. The van der Waals surface area contributed by atoms with E-state index in [1.807, 2.05) is 18.2 Å². The van der Waals surface area contributed by atoms with Gasteiger partial charge in [-0.1, -0.05) is 35.9 Å². The SMILES string of the molecule is N#CCc1ccc(NC(=O)Cn2cnc3cc(-c4ccc(Cl)cc4)sc3c2=O)cc1. The van der Waals surface area contributed by atoms with Crippen molar-refractivity contribution in [3.05, 3.63) is 81.9 Å². The fraction of sp³-hybridized carbons (Fsp3) is 0.0909. The van der Waals surface area contributed by atoms with E-state index in [0.29, 0.717) is 27.3 Å². The van der Waals surface area contributed by atoms with E-state index in [2.05, 4.69) is 16.4 Å². The van der Waals surface area contributed by atoms with Crippen molar-refractivity contribution in [3.8, 4) is 16.5 Å². The minimum Gasteiger partial charge on any atom is -0.325 e. The first-order chi connectivity index (χ1) is 14.5. The molecular weight excluding hydrogens is 420 g/mol. The van der Waals surface area contributed by atoms with Crippen LogP contribution in [0.4, 0.5) is 5.69 Å². The predicted octanol–water partition coefficient (Wildman–Crippen LogP) is 4.48. The van der Waals surface area contributed by atoms with E-state index in [9.17, 15) is 9.59 Å². The Morgan fingerprint density at radius 1 is 1.17 bits per heavy atom. The molecule has 0 saturated heterocycles. The molecule has 148 valence electrons. The van der Waals surface area contributed by atoms with Crippen LogP contribution in [0.3, 0.4) is 0 Å². The maximum Gasteiger partial charge on any atom is 0.271 e. The van der Waals surface area contributed by atoms with Gasteiger partial charge in [-0.15, -0.1) is 11.3 Å². The number of hydrogen-bond acceptors (Lipinski definition) is 5. The molecule has 0 atom stereocenters. The predicted molar refractivity (Wildman–Crippen MR) is 119 cm³/mol. The molecule has 0 radical (unpaired) electrons. The molecule has 2 heterocycles. The van der Waals surface area contributed by atoms with E-state index in [0.717, 1.165) is 16.0 Å².